The maximum absolute atomic E-state index is 6.10. The molecule has 0 aromatic carbocycles. The van der Waals surface area contributed by atoms with E-state index < -0.39 is 0 Å². The van der Waals surface area contributed by atoms with Crippen LogP contribution in [0.5, 0.6) is 11.6 Å². The van der Waals surface area contributed by atoms with E-state index in [0.717, 1.165) is 59.1 Å². The molecule has 4 aliphatic heterocycles. The number of hydrogen-bond acceptors (Lipinski definition) is 8. The van der Waals surface area contributed by atoms with Crippen LogP contribution in [0.4, 0.5) is 5.82 Å². The molecule has 2 bridgehead atoms. The van der Waals surface area contributed by atoms with Gasteiger partial charge in [-0.25, -0.2) is 14.5 Å². The molecule has 0 radical (unpaired) electrons. The Morgan fingerprint density at radius 3 is 2.64 bits per heavy atom. The van der Waals surface area contributed by atoms with E-state index in [1.54, 1.807) is 7.11 Å². The first-order valence-corrected chi connectivity index (χ1v) is 13.7. The quantitative estimate of drug-likeness (QED) is 0.342. The molecule has 0 N–H and O–H groups in total. The zero-order valence-corrected chi connectivity index (χ0v) is 22.6. The summed E-state index contributed by atoms with van der Waals surface area (Å²) in [5.41, 5.74) is 6.50. The van der Waals surface area contributed by atoms with Crippen LogP contribution in [0.15, 0.2) is 53.9 Å². The van der Waals surface area contributed by atoms with E-state index in [4.69, 9.17) is 19.6 Å². The van der Waals surface area contributed by atoms with E-state index in [1.165, 1.54) is 12.0 Å². The first-order valence-electron chi connectivity index (χ1n) is 13.7. The highest BCUT2D eigenvalue weighted by atomic mass is 16.5. The van der Waals surface area contributed by atoms with E-state index in [1.807, 2.05) is 35.4 Å². The molecule has 2 atom stereocenters. The molecule has 0 spiro atoms. The van der Waals surface area contributed by atoms with Gasteiger partial charge in [0.25, 0.3) is 0 Å². The minimum absolute atomic E-state index is 0.444. The van der Waals surface area contributed by atoms with Crippen LogP contribution in [-0.2, 0) is 13.1 Å². The van der Waals surface area contributed by atoms with Gasteiger partial charge in [-0.2, -0.15) is 5.10 Å². The van der Waals surface area contributed by atoms with Crippen LogP contribution in [0.25, 0.3) is 16.6 Å². The Kier molecular flexibility index (Phi) is 5.96. The van der Waals surface area contributed by atoms with Crippen LogP contribution in [0, 0.1) is 5.92 Å². The number of aromatic nitrogens is 4. The number of rotatable bonds is 8. The number of fused-ring (bicyclic) bond motifs is 5. The van der Waals surface area contributed by atoms with Crippen LogP contribution < -0.4 is 14.4 Å². The van der Waals surface area contributed by atoms with E-state index in [9.17, 15) is 0 Å². The van der Waals surface area contributed by atoms with Crippen molar-refractivity contribution in [3.8, 4) is 22.8 Å². The third kappa shape index (κ3) is 4.40. The van der Waals surface area contributed by atoms with E-state index >= 15 is 0 Å². The summed E-state index contributed by atoms with van der Waals surface area (Å²) >= 11 is 0. The fourth-order valence-corrected chi connectivity index (χ4v) is 5.96. The number of piperidine rings is 1. The molecular weight excluding hydrogens is 490 g/mol. The Morgan fingerprint density at radius 2 is 1.92 bits per heavy atom. The van der Waals surface area contributed by atoms with Gasteiger partial charge < -0.3 is 14.4 Å². The van der Waals surface area contributed by atoms with Gasteiger partial charge >= 0.3 is 0 Å². The highest BCUT2D eigenvalue weighted by molar-refractivity contribution is 5.99. The van der Waals surface area contributed by atoms with Crippen molar-refractivity contribution in [1.82, 2.24) is 24.5 Å². The second-order valence-electron chi connectivity index (χ2n) is 11.2. The Labute approximate surface area is 228 Å². The highest BCUT2D eigenvalue weighted by Gasteiger charge is 2.44. The van der Waals surface area contributed by atoms with Crippen molar-refractivity contribution in [3.05, 3.63) is 65.7 Å². The standard InChI is InChI=1S/C30H33N7O2/c1-19(2)18-39-24-9-25(30-26-12-31-13-27(26)34-37(30)17-24)21-5-6-28(32-11-21)35-15-22-8-23(16-35)36(22)14-20-4-7-29(38-3)33-10-20/h4-7,9-12,17,19,22-23H,8,13-16,18H2,1-3H3. The van der Waals surface area contributed by atoms with Gasteiger partial charge in [-0.15, -0.1) is 0 Å². The summed E-state index contributed by atoms with van der Waals surface area (Å²) in [4.78, 5) is 18.7. The van der Waals surface area contributed by atoms with Gasteiger partial charge in [0.1, 0.15) is 11.6 Å². The molecule has 0 aliphatic carbocycles. The van der Waals surface area contributed by atoms with Gasteiger partial charge in [-0.05, 0) is 36.1 Å². The second-order valence-corrected chi connectivity index (χ2v) is 11.2. The fraction of sp³-hybridized carbons (Fsp3) is 0.400. The van der Waals surface area contributed by atoms with Crippen LogP contribution in [-0.4, -0.2) is 69.6 Å². The van der Waals surface area contributed by atoms with Crippen molar-refractivity contribution in [3.63, 3.8) is 0 Å². The molecule has 0 saturated carbocycles. The van der Waals surface area contributed by atoms with Gasteiger partial charge in [0.05, 0.1) is 37.7 Å². The molecule has 2 unspecified atom stereocenters. The molecule has 8 heterocycles. The summed E-state index contributed by atoms with van der Waals surface area (Å²) in [6.07, 6.45) is 9.07. The largest absolute Gasteiger partial charge is 0.492 e. The number of pyridine rings is 3. The molecule has 200 valence electrons. The van der Waals surface area contributed by atoms with Crippen molar-refractivity contribution >= 4 is 17.5 Å². The predicted molar refractivity (Wildman–Crippen MR) is 151 cm³/mol. The van der Waals surface area contributed by atoms with Crippen molar-refractivity contribution in [1.29, 1.82) is 0 Å². The van der Waals surface area contributed by atoms with Crippen LogP contribution in [0.1, 0.15) is 37.1 Å². The zero-order chi connectivity index (χ0) is 26.5. The number of anilines is 1. The third-order valence-corrected chi connectivity index (χ3v) is 7.96. The van der Waals surface area contributed by atoms with Crippen molar-refractivity contribution in [2.45, 2.75) is 45.4 Å². The number of methoxy groups -OCH3 is 1. The molecule has 4 aliphatic rings. The summed E-state index contributed by atoms with van der Waals surface area (Å²) in [7, 11) is 1.65. The first-order chi connectivity index (χ1) is 19.1. The van der Waals surface area contributed by atoms with Gasteiger partial charge in [0, 0.05) is 73.1 Å². The normalized spacial score (nSPS) is 19.9. The topological polar surface area (TPSA) is 80.4 Å². The highest BCUT2D eigenvalue weighted by Crippen LogP contribution is 2.37. The third-order valence-electron chi connectivity index (χ3n) is 7.96. The summed E-state index contributed by atoms with van der Waals surface area (Å²) in [5, 5.41) is 4.79. The first kappa shape index (κ1) is 24.1. The zero-order valence-electron chi connectivity index (χ0n) is 22.6. The van der Waals surface area contributed by atoms with E-state index in [2.05, 4.69) is 57.9 Å². The molecule has 9 heteroatoms. The Morgan fingerprint density at radius 1 is 1.05 bits per heavy atom. The predicted octanol–water partition coefficient (Wildman–Crippen LogP) is 4.23. The molecule has 9 nitrogen and oxygen atoms in total. The minimum atomic E-state index is 0.444. The maximum Gasteiger partial charge on any atom is 0.212 e. The van der Waals surface area contributed by atoms with Crippen molar-refractivity contribution < 1.29 is 9.47 Å². The number of aliphatic imine (C=N–C) groups is 1. The monoisotopic (exact) mass is 523 g/mol. The lowest BCUT2D eigenvalue weighted by molar-refractivity contribution is -0.00876. The van der Waals surface area contributed by atoms with Gasteiger partial charge in [0.15, 0.2) is 0 Å². The molecule has 39 heavy (non-hydrogen) atoms. The van der Waals surface area contributed by atoms with Gasteiger partial charge in [-0.1, -0.05) is 19.9 Å². The summed E-state index contributed by atoms with van der Waals surface area (Å²) in [6.45, 7) is 8.50. The lowest BCUT2D eigenvalue weighted by atomic mass is 9.87. The van der Waals surface area contributed by atoms with E-state index in [0.29, 0.717) is 37.0 Å². The average Bonchev–Trinajstić information content (AvgIpc) is 3.56. The molecular formula is C30H33N7O2. The lowest BCUT2D eigenvalue weighted by Gasteiger charge is -2.56. The number of piperazine rings is 1. The molecule has 3 saturated heterocycles. The molecule has 0 amide bonds. The maximum atomic E-state index is 6.10. The molecule has 8 rings (SSSR count). The SMILES string of the molecule is COc1ccc(CN2C3CC2CN(c2ccc(-c4cc(OCC(C)C)cn5nc6c(c45)C=NC6)cn2)C3)cn1. The smallest absolute Gasteiger partial charge is 0.212 e. The number of nitrogens with zero attached hydrogens (tertiary/aromatic N) is 7. The minimum Gasteiger partial charge on any atom is -0.492 e. The van der Waals surface area contributed by atoms with Gasteiger partial charge in [0.2, 0.25) is 5.88 Å². The Hall–Kier alpha value is -3.98. The van der Waals surface area contributed by atoms with Gasteiger partial charge in [-0.3, -0.25) is 9.89 Å². The summed E-state index contributed by atoms with van der Waals surface area (Å²) < 4.78 is 13.2. The number of hydrogen-bond donors (Lipinski definition) is 0. The molecule has 4 aromatic rings. The summed E-state index contributed by atoms with van der Waals surface area (Å²) in [6, 6.07) is 11.6. The van der Waals surface area contributed by atoms with Crippen molar-refractivity contribution in [2.24, 2.45) is 10.9 Å². The van der Waals surface area contributed by atoms with Crippen molar-refractivity contribution in [2.75, 3.05) is 31.7 Å². The molecule has 4 aromatic heterocycles. The Bertz CT molecular complexity index is 1520. The van der Waals surface area contributed by atoms with Crippen LogP contribution >= 0.6 is 0 Å². The molecule has 3 fully saturated rings. The second kappa shape index (κ2) is 9.64. The average molecular weight is 524 g/mol. The lowest BCUT2D eigenvalue weighted by Crippen LogP contribution is -2.68. The van der Waals surface area contributed by atoms with Crippen LogP contribution in [0.2, 0.25) is 0 Å². The van der Waals surface area contributed by atoms with E-state index in [-0.39, 0.29) is 0 Å². The number of ether oxygens (including phenoxy) is 2. The van der Waals surface area contributed by atoms with Crippen LogP contribution in [0.3, 0.4) is 0 Å². The summed E-state index contributed by atoms with van der Waals surface area (Å²) in [5.74, 6) is 2.95. The fourth-order valence-electron chi connectivity index (χ4n) is 5.96. The Balaban J connectivity index is 1.10.